The summed E-state index contributed by atoms with van der Waals surface area (Å²) in [7, 11) is -3.32. The number of hydrogen-bond acceptors (Lipinski definition) is 4. The van der Waals surface area contributed by atoms with Crippen LogP contribution in [0.3, 0.4) is 0 Å². The van der Waals surface area contributed by atoms with Gasteiger partial charge in [-0.15, -0.1) is 0 Å². The van der Waals surface area contributed by atoms with Crippen molar-refractivity contribution in [1.29, 1.82) is 0 Å². The van der Waals surface area contributed by atoms with E-state index in [0.29, 0.717) is 36.9 Å². The second-order valence-corrected chi connectivity index (χ2v) is 6.67. The van der Waals surface area contributed by atoms with E-state index in [1.54, 1.807) is 24.3 Å². The summed E-state index contributed by atoms with van der Waals surface area (Å²) >= 11 is 0. The molecule has 0 aliphatic carbocycles. The van der Waals surface area contributed by atoms with Crippen LogP contribution in [0.1, 0.15) is 19.4 Å². The molecule has 1 aromatic rings. The number of anilines is 1. The van der Waals surface area contributed by atoms with E-state index in [9.17, 15) is 8.42 Å². The molecule has 19 heavy (non-hydrogen) atoms. The second-order valence-electron chi connectivity index (χ2n) is 4.86. The van der Waals surface area contributed by atoms with Crippen LogP contribution in [0.5, 0.6) is 0 Å². The van der Waals surface area contributed by atoms with Crippen molar-refractivity contribution in [3.63, 3.8) is 0 Å². The van der Waals surface area contributed by atoms with Crippen molar-refractivity contribution in [2.45, 2.75) is 19.6 Å². The zero-order valence-corrected chi connectivity index (χ0v) is 12.2. The average Bonchev–Trinajstić information content (AvgIpc) is 2.31. The maximum absolute atomic E-state index is 11.8. The van der Waals surface area contributed by atoms with Crippen LogP contribution >= 0.6 is 0 Å². The minimum absolute atomic E-state index is 0.0442. The molecule has 0 atom stereocenters. The van der Waals surface area contributed by atoms with Gasteiger partial charge in [-0.2, -0.15) is 0 Å². The van der Waals surface area contributed by atoms with Gasteiger partial charge < -0.3 is 10.5 Å². The Morgan fingerprint density at radius 3 is 2.47 bits per heavy atom. The molecule has 1 rings (SSSR count). The maximum atomic E-state index is 11.8. The van der Waals surface area contributed by atoms with Gasteiger partial charge in [-0.05, 0) is 23.6 Å². The van der Waals surface area contributed by atoms with Gasteiger partial charge in [0.15, 0.2) is 0 Å². The van der Waals surface area contributed by atoms with E-state index >= 15 is 0 Å². The van der Waals surface area contributed by atoms with E-state index < -0.39 is 10.0 Å². The molecule has 6 heteroatoms. The fourth-order valence-electron chi connectivity index (χ4n) is 1.47. The molecule has 0 unspecified atom stereocenters. The number of ether oxygens (including phenoxy) is 1. The van der Waals surface area contributed by atoms with Crippen molar-refractivity contribution in [3.8, 4) is 0 Å². The van der Waals surface area contributed by atoms with Crippen LogP contribution in [0.25, 0.3) is 0 Å². The SMILES string of the molecule is CC(C)COCCNS(=O)(=O)Cc1ccc(N)cc1. The number of sulfonamides is 1. The molecule has 1 aromatic carbocycles. The number of nitrogen functional groups attached to an aromatic ring is 1. The Labute approximate surface area is 115 Å². The third kappa shape index (κ3) is 7.15. The number of benzene rings is 1. The molecule has 0 saturated heterocycles. The number of hydrogen-bond donors (Lipinski definition) is 2. The van der Waals surface area contributed by atoms with Crippen LogP contribution in [-0.2, 0) is 20.5 Å². The monoisotopic (exact) mass is 286 g/mol. The molecule has 0 aliphatic rings. The summed E-state index contributed by atoms with van der Waals surface area (Å²) in [4.78, 5) is 0. The molecule has 0 heterocycles. The zero-order chi connectivity index (χ0) is 14.3. The summed E-state index contributed by atoms with van der Waals surface area (Å²) in [5.74, 6) is 0.406. The van der Waals surface area contributed by atoms with E-state index in [1.807, 2.05) is 13.8 Å². The third-order valence-electron chi connectivity index (χ3n) is 2.36. The first-order chi connectivity index (χ1) is 8.89. The Hall–Kier alpha value is -1.11. The summed E-state index contributed by atoms with van der Waals surface area (Å²) in [6.45, 7) is 5.42. The fraction of sp³-hybridized carbons (Fsp3) is 0.538. The lowest BCUT2D eigenvalue weighted by Crippen LogP contribution is -2.29. The zero-order valence-electron chi connectivity index (χ0n) is 11.4. The Morgan fingerprint density at radius 2 is 1.89 bits per heavy atom. The van der Waals surface area contributed by atoms with Gasteiger partial charge in [0.1, 0.15) is 0 Å². The lowest BCUT2D eigenvalue weighted by atomic mass is 10.2. The van der Waals surface area contributed by atoms with Crippen molar-refractivity contribution >= 4 is 15.7 Å². The van der Waals surface area contributed by atoms with Crippen LogP contribution in [0, 0.1) is 5.92 Å². The number of rotatable bonds is 8. The van der Waals surface area contributed by atoms with E-state index in [1.165, 1.54) is 0 Å². The van der Waals surface area contributed by atoms with E-state index in [-0.39, 0.29) is 5.75 Å². The van der Waals surface area contributed by atoms with Crippen LogP contribution in [0.4, 0.5) is 5.69 Å². The van der Waals surface area contributed by atoms with E-state index in [4.69, 9.17) is 10.5 Å². The largest absolute Gasteiger partial charge is 0.399 e. The Bertz CT molecular complexity index is 469. The van der Waals surface area contributed by atoms with Crippen LogP contribution < -0.4 is 10.5 Å². The molecule has 3 N–H and O–H groups in total. The molecule has 0 radical (unpaired) electrons. The van der Waals surface area contributed by atoms with Crippen LogP contribution in [-0.4, -0.2) is 28.2 Å². The van der Waals surface area contributed by atoms with Gasteiger partial charge in [0.25, 0.3) is 0 Å². The highest BCUT2D eigenvalue weighted by molar-refractivity contribution is 7.88. The second kappa shape index (κ2) is 7.47. The summed E-state index contributed by atoms with van der Waals surface area (Å²) in [5.41, 5.74) is 6.88. The summed E-state index contributed by atoms with van der Waals surface area (Å²) in [6, 6.07) is 6.81. The van der Waals surface area contributed by atoms with Crippen LogP contribution in [0.2, 0.25) is 0 Å². The molecule has 0 fully saturated rings. The van der Waals surface area contributed by atoms with Gasteiger partial charge in [0.2, 0.25) is 10.0 Å². The predicted octanol–water partition coefficient (Wildman–Crippen LogP) is 1.36. The molecule has 108 valence electrons. The Kier molecular flexibility index (Phi) is 6.27. The van der Waals surface area contributed by atoms with Crippen molar-refractivity contribution < 1.29 is 13.2 Å². The highest BCUT2D eigenvalue weighted by Crippen LogP contribution is 2.08. The average molecular weight is 286 g/mol. The van der Waals surface area contributed by atoms with Crippen LogP contribution in [0.15, 0.2) is 24.3 Å². The van der Waals surface area contributed by atoms with Gasteiger partial charge in [0, 0.05) is 18.8 Å². The summed E-state index contributed by atoms with van der Waals surface area (Å²) in [6.07, 6.45) is 0. The first-order valence-electron chi connectivity index (χ1n) is 6.28. The van der Waals surface area contributed by atoms with Gasteiger partial charge in [-0.25, -0.2) is 13.1 Å². The number of nitrogens with two attached hydrogens (primary N) is 1. The molecule has 0 aromatic heterocycles. The standard InChI is InChI=1S/C13H22N2O3S/c1-11(2)9-18-8-7-15-19(16,17)10-12-3-5-13(14)6-4-12/h3-6,11,15H,7-10,14H2,1-2H3. The lowest BCUT2D eigenvalue weighted by molar-refractivity contribution is 0.114. The maximum Gasteiger partial charge on any atom is 0.215 e. The normalized spacial score (nSPS) is 11.9. The highest BCUT2D eigenvalue weighted by Gasteiger charge is 2.10. The smallest absolute Gasteiger partial charge is 0.215 e. The minimum atomic E-state index is -3.32. The Morgan fingerprint density at radius 1 is 1.26 bits per heavy atom. The topological polar surface area (TPSA) is 81.4 Å². The highest BCUT2D eigenvalue weighted by atomic mass is 32.2. The van der Waals surface area contributed by atoms with Crippen molar-refractivity contribution in [3.05, 3.63) is 29.8 Å². The Balaban J connectivity index is 2.34. The van der Waals surface area contributed by atoms with Gasteiger partial charge >= 0.3 is 0 Å². The lowest BCUT2D eigenvalue weighted by Gasteiger charge is -2.09. The predicted molar refractivity (Wildman–Crippen MR) is 77.1 cm³/mol. The van der Waals surface area contributed by atoms with Gasteiger partial charge in [-0.3, -0.25) is 0 Å². The third-order valence-corrected chi connectivity index (χ3v) is 3.71. The van der Waals surface area contributed by atoms with Gasteiger partial charge in [-0.1, -0.05) is 26.0 Å². The molecular weight excluding hydrogens is 264 g/mol. The van der Waals surface area contributed by atoms with Crippen molar-refractivity contribution in [2.75, 3.05) is 25.5 Å². The molecule has 0 spiro atoms. The van der Waals surface area contributed by atoms with Gasteiger partial charge in [0.05, 0.1) is 12.4 Å². The summed E-state index contributed by atoms with van der Waals surface area (Å²) < 4.78 is 31.4. The first-order valence-corrected chi connectivity index (χ1v) is 7.94. The fourth-order valence-corrected chi connectivity index (χ4v) is 2.60. The molecule has 5 nitrogen and oxygen atoms in total. The minimum Gasteiger partial charge on any atom is -0.399 e. The molecule has 0 bridgehead atoms. The van der Waals surface area contributed by atoms with Crippen molar-refractivity contribution in [2.24, 2.45) is 5.92 Å². The molecule has 0 saturated carbocycles. The number of nitrogens with one attached hydrogen (secondary N) is 1. The van der Waals surface area contributed by atoms with E-state index in [2.05, 4.69) is 4.72 Å². The van der Waals surface area contributed by atoms with Crippen molar-refractivity contribution in [1.82, 2.24) is 4.72 Å². The molecule has 0 aliphatic heterocycles. The first kappa shape index (κ1) is 15.9. The molecule has 0 amide bonds. The molecular formula is C13H22N2O3S. The summed E-state index contributed by atoms with van der Waals surface area (Å²) in [5, 5.41) is 0. The quantitative estimate of drug-likeness (QED) is 0.558. The van der Waals surface area contributed by atoms with E-state index in [0.717, 1.165) is 0 Å².